The van der Waals surface area contributed by atoms with Crippen LogP contribution in [0, 0.1) is 5.92 Å². The normalized spacial score (nSPS) is 14.4. The zero-order valence-electron chi connectivity index (χ0n) is 18.9. The van der Waals surface area contributed by atoms with Gasteiger partial charge in [-0.1, -0.05) is 43.6 Å². The van der Waals surface area contributed by atoms with Gasteiger partial charge in [-0.05, 0) is 61.4 Å². The molecule has 0 atom stereocenters. The molecule has 1 amide bonds. The van der Waals surface area contributed by atoms with E-state index in [-0.39, 0.29) is 16.4 Å². The molecule has 3 aromatic rings. The van der Waals surface area contributed by atoms with E-state index in [0.29, 0.717) is 40.3 Å². The van der Waals surface area contributed by atoms with E-state index in [2.05, 4.69) is 9.71 Å². The van der Waals surface area contributed by atoms with Crippen LogP contribution in [0.15, 0.2) is 76.0 Å². The Labute approximate surface area is 204 Å². The van der Waals surface area contributed by atoms with Crippen molar-refractivity contribution in [3.05, 3.63) is 77.3 Å². The van der Waals surface area contributed by atoms with Crippen LogP contribution in [0.1, 0.15) is 31.1 Å². The number of amides is 1. The Bertz CT molecular complexity index is 1370. The maximum atomic E-state index is 13.1. The van der Waals surface area contributed by atoms with Crippen molar-refractivity contribution in [3.8, 4) is 11.5 Å². The van der Waals surface area contributed by atoms with Crippen molar-refractivity contribution in [1.82, 2.24) is 0 Å². The molecule has 7 nitrogen and oxygen atoms in total. The van der Waals surface area contributed by atoms with Gasteiger partial charge >= 0.3 is 0 Å². The molecule has 9 heteroatoms. The van der Waals surface area contributed by atoms with Gasteiger partial charge in [0.2, 0.25) is 0 Å². The van der Waals surface area contributed by atoms with Crippen molar-refractivity contribution < 1.29 is 17.9 Å². The average molecular weight is 498 g/mol. The zero-order valence-corrected chi connectivity index (χ0v) is 20.5. The summed E-state index contributed by atoms with van der Waals surface area (Å²) in [5.74, 6) is 1.18. The second kappa shape index (κ2) is 9.48. The highest BCUT2D eigenvalue weighted by Gasteiger charge is 2.30. The van der Waals surface area contributed by atoms with Gasteiger partial charge in [0.1, 0.15) is 16.5 Å². The molecule has 0 unspecified atom stereocenters. The number of nitrogens with one attached hydrogen (secondary N) is 1. The fraction of sp³-hybridized carbons (Fsp3) is 0.200. The molecule has 4 rings (SSSR count). The number of amidine groups is 1. The third-order valence-corrected chi connectivity index (χ3v) is 6.76. The van der Waals surface area contributed by atoms with Crippen LogP contribution in [0.2, 0.25) is 5.02 Å². The lowest BCUT2D eigenvalue weighted by Gasteiger charge is -2.30. The third-order valence-electron chi connectivity index (χ3n) is 5.14. The Balaban J connectivity index is 1.65. The highest BCUT2D eigenvalue weighted by atomic mass is 35.5. The first-order valence-electron chi connectivity index (χ1n) is 10.7. The molecule has 0 fully saturated rings. The number of fused-ring (bicyclic) bond motifs is 1. The molecule has 34 heavy (non-hydrogen) atoms. The number of anilines is 2. The summed E-state index contributed by atoms with van der Waals surface area (Å²) < 4.78 is 35.3. The summed E-state index contributed by atoms with van der Waals surface area (Å²) in [7, 11) is -3.92. The molecule has 1 aliphatic rings. The van der Waals surface area contributed by atoms with E-state index in [1.165, 1.54) is 6.07 Å². The number of carbonyl (C=O) groups excluding carboxylic acids is 1. The summed E-state index contributed by atoms with van der Waals surface area (Å²) in [4.78, 5) is 14.9. The van der Waals surface area contributed by atoms with Gasteiger partial charge in [-0.2, -0.15) is 8.42 Å². The lowest BCUT2D eigenvalue weighted by atomic mass is 10.1. The number of benzene rings is 3. The molecule has 0 saturated carbocycles. The maximum Gasteiger partial charge on any atom is 0.286 e. The average Bonchev–Trinajstić information content (AvgIpc) is 2.78. The van der Waals surface area contributed by atoms with Crippen LogP contribution in [-0.4, -0.2) is 26.7 Å². The van der Waals surface area contributed by atoms with Crippen molar-refractivity contribution in [2.45, 2.75) is 25.7 Å². The van der Waals surface area contributed by atoms with E-state index in [0.717, 1.165) is 0 Å². The number of hydrogen-bond acceptors (Lipinski definition) is 5. The molecule has 0 bridgehead atoms. The van der Waals surface area contributed by atoms with Gasteiger partial charge in [0.15, 0.2) is 5.75 Å². The number of carbonyl (C=O) groups is 1. The van der Waals surface area contributed by atoms with Crippen LogP contribution in [0.4, 0.5) is 11.4 Å². The van der Waals surface area contributed by atoms with Gasteiger partial charge in [0.25, 0.3) is 15.9 Å². The van der Waals surface area contributed by atoms with Gasteiger partial charge < -0.3 is 15.0 Å². The van der Waals surface area contributed by atoms with Crippen molar-refractivity contribution in [2.75, 3.05) is 16.8 Å². The smallest absolute Gasteiger partial charge is 0.286 e. The molecule has 0 aliphatic carbocycles. The molecule has 1 heterocycles. The highest BCUT2D eigenvalue weighted by Crippen LogP contribution is 2.35. The van der Waals surface area contributed by atoms with Crippen molar-refractivity contribution in [3.63, 3.8) is 0 Å². The van der Waals surface area contributed by atoms with Crippen molar-refractivity contribution >= 4 is 44.7 Å². The van der Waals surface area contributed by atoms with Crippen LogP contribution in [-0.2, 0) is 10.0 Å². The predicted molar refractivity (Wildman–Crippen MR) is 135 cm³/mol. The van der Waals surface area contributed by atoms with E-state index < -0.39 is 15.9 Å². The van der Waals surface area contributed by atoms with E-state index in [1.807, 2.05) is 36.9 Å². The molecule has 1 N–H and O–H groups in total. The zero-order chi connectivity index (χ0) is 24.5. The number of halogens is 1. The van der Waals surface area contributed by atoms with E-state index in [9.17, 15) is 13.2 Å². The highest BCUT2D eigenvalue weighted by molar-refractivity contribution is 7.90. The van der Waals surface area contributed by atoms with Gasteiger partial charge in [-0.3, -0.25) is 4.79 Å². The molecule has 0 aromatic heterocycles. The molecule has 176 valence electrons. The quantitative estimate of drug-likeness (QED) is 0.453. The topological polar surface area (TPSA) is 88.1 Å². The minimum Gasteiger partial charge on any atom is -0.455 e. The van der Waals surface area contributed by atoms with E-state index >= 15 is 0 Å². The molecular formula is C25H24ClN3O4S. The second-order valence-electron chi connectivity index (χ2n) is 8.31. The summed E-state index contributed by atoms with van der Waals surface area (Å²) in [6.45, 7) is 6.35. The summed E-state index contributed by atoms with van der Waals surface area (Å²) in [6, 6.07) is 18.6. The minimum atomic E-state index is -3.92. The van der Waals surface area contributed by atoms with Crippen LogP contribution in [0.3, 0.4) is 0 Å². The molecule has 0 spiro atoms. The third kappa shape index (κ3) is 5.08. The van der Waals surface area contributed by atoms with E-state index in [4.69, 9.17) is 16.3 Å². The first-order chi connectivity index (χ1) is 16.1. The van der Waals surface area contributed by atoms with Crippen LogP contribution < -0.4 is 15.0 Å². The Morgan fingerprint density at radius 3 is 2.53 bits per heavy atom. The molecule has 0 radical (unpaired) electrons. The summed E-state index contributed by atoms with van der Waals surface area (Å²) >= 11 is 6.15. The Hall–Kier alpha value is -3.36. The first-order valence-corrected chi connectivity index (χ1v) is 12.5. The SMILES string of the molecule is CC1=NS(=O)(=O)c2cc(C(=O)Nc3cc(Cl)ccc3Oc3ccccc3)ccc2N1CC(C)C. The summed E-state index contributed by atoms with van der Waals surface area (Å²) in [6.07, 6.45) is 0. The number of para-hydroxylation sites is 1. The Morgan fingerprint density at radius 2 is 1.82 bits per heavy atom. The van der Waals surface area contributed by atoms with Crippen LogP contribution >= 0.6 is 11.6 Å². The van der Waals surface area contributed by atoms with Crippen molar-refractivity contribution in [1.29, 1.82) is 0 Å². The van der Waals surface area contributed by atoms with Crippen LogP contribution in [0.5, 0.6) is 11.5 Å². The number of ether oxygens (including phenoxy) is 1. The number of nitrogens with zero attached hydrogens (tertiary/aromatic N) is 2. The lowest BCUT2D eigenvalue weighted by molar-refractivity contribution is 0.102. The molecule has 3 aromatic carbocycles. The second-order valence-corrected chi connectivity index (χ2v) is 10.3. The maximum absolute atomic E-state index is 13.1. The molecular weight excluding hydrogens is 474 g/mol. The first kappa shape index (κ1) is 23.8. The Morgan fingerprint density at radius 1 is 1.09 bits per heavy atom. The fourth-order valence-electron chi connectivity index (χ4n) is 3.63. The monoisotopic (exact) mass is 497 g/mol. The molecule has 1 aliphatic heterocycles. The number of hydrogen-bond donors (Lipinski definition) is 1. The molecule has 0 saturated heterocycles. The lowest BCUT2D eigenvalue weighted by Crippen LogP contribution is -2.36. The van der Waals surface area contributed by atoms with Crippen LogP contribution in [0.25, 0.3) is 0 Å². The standard InChI is InChI=1S/C25H24ClN3O4S/c1-16(2)15-29-17(3)28-34(31,32)24-13-18(9-11-22(24)29)25(30)27-21-14-19(26)10-12-23(21)33-20-7-5-4-6-8-20/h4-14,16H,15H2,1-3H3,(H,27,30). The van der Waals surface area contributed by atoms with Gasteiger partial charge in [0.05, 0.1) is 11.4 Å². The summed E-state index contributed by atoms with van der Waals surface area (Å²) in [5, 5.41) is 3.20. The Kier molecular flexibility index (Phi) is 6.63. The fourth-order valence-corrected chi connectivity index (χ4v) is 5.06. The minimum absolute atomic E-state index is 0.00162. The number of rotatable bonds is 6. The van der Waals surface area contributed by atoms with E-state index in [1.54, 1.807) is 49.4 Å². The van der Waals surface area contributed by atoms with Gasteiger partial charge in [-0.15, -0.1) is 4.40 Å². The predicted octanol–water partition coefficient (Wildman–Crippen LogP) is 5.97. The summed E-state index contributed by atoms with van der Waals surface area (Å²) in [5.41, 5.74) is 1.04. The van der Waals surface area contributed by atoms with Crippen molar-refractivity contribution in [2.24, 2.45) is 10.3 Å². The largest absolute Gasteiger partial charge is 0.455 e. The van der Waals surface area contributed by atoms with Gasteiger partial charge in [-0.25, -0.2) is 0 Å². The number of sulfonamides is 1. The van der Waals surface area contributed by atoms with Gasteiger partial charge in [0, 0.05) is 17.1 Å².